The van der Waals surface area contributed by atoms with Gasteiger partial charge in [0, 0.05) is 23.6 Å². The van der Waals surface area contributed by atoms with E-state index in [0.29, 0.717) is 6.61 Å². The van der Waals surface area contributed by atoms with Gasteiger partial charge in [0.2, 0.25) is 0 Å². The molecule has 0 aromatic heterocycles. The fraction of sp³-hybridized carbons (Fsp3) is 0.571. The first-order valence-corrected chi connectivity index (χ1v) is 9.90. The van der Waals surface area contributed by atoms with Gasteiger partial charge in [-0.3, -0.25) is 4.99 Å². The van der Waals surface area contributed by atoms with E-state index in [9.17, 15) is 0 Å². The first-order chi connectivity index (χ1) is 11.5. The molecule has 0 radical (unpaired) electrons. The summed E-state index contributed by atoms with van der Waals surface area (Å²) in [6.45, 7) is 12.4. The molecule has 24 heavy (non-hydrogen) atoms. The van der Waals surface area contributed by atoms with Crippen molar-refractivity contribution in [2.75, 3.05) is 19.0 Å². The smallest absolute Gasteiger partial charge is 0.0819 e. The van der Waals surface area contributed by atoms with Crippen molar-refractivity contribution < 1.29 is 4.74 Å². The maximum Gasteiger partial charge on any atom is 0.0819 e. The predicted octanol–water partition coefficient (Wildman–Crippen LogP) is 6.18. The molecule has 1 rings (SSSR count). The average molecular weight is 348 g/mol. The van der Waals surface area contributed by atoms with Crippen molar-refractivity contribution in [2.24, 2.45) is 16.3 Å². The van der Waals surface area contributed by atoms with Crippen LogP contribution in [0, 0.1) is 11.3 Å². The van der Waals surface area contributed by atoms with Gasteiger partial charge in [-0.05, 0) is 38.0 Å². The van der Waals surface area contributed by atoms with Gasteiger partial charge in [-0.2, -0.15) is 0 Å². The molecule has 0 bridgehead atoms. The Morgan fingerprint density at radius 1 is 1.46 bits per heavy atom. The molecular formula is C21H33NOS. The Morgan fingerprint density at radius 3 is 2.88 bits per heavy atom. The molecule has 3 heteroatoms. The standard InChI is InChI=1S/C21H33NOS/c1-6-11-22-12-13-23-14-15-24-17-19(4)21(5)9-7-20(8-10-21)16-18(2)3/h6-9,11-12,17-18H,10,13-16H2,1-5H3/b11-6+,19-17+,22-12?. The van der Waals surface area contributed by atoms with Crippen molar-refractivity contribution in [1.82, 2.24) is 0 Å². The lowest BCUT2D eigenvalue weighted by atomic mass is 9.76. The molecular weight excluding hydrogens is 314 g/mol. The van der Waals surface area contributed by atoms with Crippen LogP contribution in [0.2, 0.25) is 0 Å². The number of allylic oxidation sites excluding steroid dienone is 6. The van der Waals surface area contributed by atoms with E-state index in [0.717, 1.165) is 24.7 Å². The highest BCUT2D eigenvalue weighted by atomic mass is 32.2. The number of aliphatic imine (C=N–C) groups is 1. The van der Waals surface area contributed by atoms with Gasteiger partial charge in [0.05, 0.1) is 13.2 Å². The molecule has 2 nitrogen and oxygen atoms in total. The molecule has 0 heterocycles. The zero-order chi connectivity index (χ0) is 17.8. The summed E-state index contributed by atoms with van der Waals surface area (Å²) in [5, 5.41) is 2.29. The van der Waals surface area contributed by atoms with Gasteiger partial charge >= 0.3 is 0 Å². The molecule has 0 N–H and O–H groups in total. The number of hydrogen-bond donors (Lipinski definition) is 0. The summed E-state index contributed by atoms with van der Waals surface area (Å²) in [4.78, 5) is 4.07. The van der Waals surface area contributed by atoms with Crippen molar-refractivity contribution in [3.05, 3.63) is 47.1 Å². The van der Waals surface area contributed by atoms with E-state index >= 15 is 0 Å². The van der Waals surface area contributed by atoms with E-state index in [1.807, 2.05) is 24.8 Å². The predicted molar refractivity (Wildman–Crippen MR) is 110 cm³/mol. The highest BCUT2D eigenvalue weighted by Crippen LogP contribution is 2.38. The Hall–Kier alpha value is -1.06. The molecule has 0 saturated heterocycles. The van der Waals surface area contributed by atoms with Gasteiger partial charge in [-0.15, -0.1) is 11.8 Å². The Kier molecular flexibility index (Phi) is 10.0. The lowest BCUT2D eigenvalue weighted by molar-refractivity contribution is 0.193. The number of thioether (sulfide) groups is 1. The summed E-state index contributed by atoms with van der Waals surface area (Å²) in [6.07, 6.45) is 14.9. The summed E-state index contributed by atoms with van der Waals surface area (Å²) in [6, 6.07) is 0. The van der Waals surface area contributed by atoms with Crippen LogP contribution in [0.4, 0.5) is 0 Å². The lowest BCUT2D eigenvalue weighted by Crippen LogP contribution is -2.16. The average Bonchev–Trinajstić information content (AvgIpc) is 2.55. The number of rotatable bonds is 10. The highest BCUT2D eigenvalue weighted by Gasteiger charge is 2.24. The maximum atomic E-state index is 5.53. The largest absolute Gasteiger partial charge is 0.375 e. The minimum atomic E-state index is 0.160. The van der Waals surface area contributed by atoms with Gasteiger partial charge < -0.3 is 4.74 Å². The second kappa shape index (κ2) is 11.5. The monoisotopic (exact) mass is 347 g/mol. The van der Waals surface area contributed by atoms with E-state index < -0.39 is 0 Å². The van der Waals surface area contributed by atoms with Crippen LogP contribution in [-0.2, 0) is 4.74 Å². The summed E-state index contributed by atoms with van der Waals surface area (Å²) in [7, 11) is 0. The van der Waals surface area contributed by atoms with E-state index in [4.69, 9.17) is 4.74 Å². The molecule has 0 aliphatic heterocycles. The van der Waals surface area contributed by atoms with Crippen molar-refractivity contribution in [3.8, 4) is 0 Å². The highest BCUT2D eigenvalue weighted by molar-refractivity contribution is 8.02. The molecule has 1 aliphatic carbocycles. The summed E-state index contributed by atoms with van der Waals surface area (Å²) >= 11 is 1.83. The summed E-state index contributed by atoms with van der Waals surface area (Å²) < 4.78 is 5.53. The second-order valence-corrected chi connectivity index (χ2v) is 7.87. The van der Waals surface area contributed by atoms with Crippen molar-refractivity contribution in [3.63, 3.8) is 0 Å². The van der Waals surface area contributed by atoms with E-state index in [2.05, 4.69) is 56.3 Å². The fourth-order valence-corrected chi connectivity index (χ4v) is 3.29. The Balaban J connectivity index is 2.31. The minimum Gasteiger partial charge on any atom is -0.375 e. The molecule has 134 valence electrons. The summed E-state index contributed by atoms with van der Waals surface area (Å²) in [5.41, 5.74) is 3.07. The Morgan fingerprint density at radius 2 is 2.25 bits per heavy atom. The van der Waals surface area contributed by atoms with Gasteiger partial charge in [-0.1, -0.05) is 56.2 Å². The Labute approximate surface area is 152 Å². The zero-order valence-corrected chi connectivity index (χ0v) is 16.7. The molecule has 0 saturated carbocycles. The normalized spacial score (nSPS) is 22.1. The van der Waals surface area contributed by atoms with Crippen LogP contribution in [0.15, 0.2) is 52.1 Å². The third kappa shape index (κ3) is 8.16. The van der Waals surface area contributed by atoms with Crippen LogP contribution in [0.25, 0.3) is 0 Å². The van der Waals surface area contributed by atoms with E-state index in [-0.39, 0.29) is 5.41 Å². The van der Waals surface area contributed by atoms with Crippen LogP contribution in [0.5, 0.6) is 0 Å². The summed E-state index contributed by atoms with van der Waals surface area (Å²) in [5.74, 6) is 1.70. The quantitative estimate of drug-likeness (QED) is 0.347. The van der Waals surface area contributed by atoms with Gasteiger partial charge in [0.1, 0.15) is 0 Å². The second-order valence-electron chi connectivity index (χ2n) is 6.89. The lowest BCUT2D eigenvalue weighted by Gasteiger charge is -2.29. The van der Waals surface area contributed by atoms with Crippen molar-refractivity contribution in [1.29, 1.82) is 0 Å². The molecule has 1 aliphatic rings. The number of nitrogens with zero attached hydrogens (tertiary/aromatic N) is 1. The molecule has 0 amide bonds. The molecule has 0 fully saturated rings. The van der Waals surface area contributed by atoms with E-state index in [1.165, 1.54) is 17.6 Å². The first kappa shape index (κ1) is 21.0. The SMILES string of the molecule is C/C=C/N=CCOCCS/C=C(\C)C1(C)C=CC(CC(C)C)=CC1. The maximum absolute atomic E-state index is 5.53. The van der Waals surface area contributed by atoms with Gasteiger partial charge in [0.15, 0.2) is 0 Å². The third-order valence-corrected chi connectivity index (χ3v) is 5.06. The van der Waals surface area contributed by atoms with Crippen molar-refractivity contribution >= 4 is 18.0 Å². The Bertz CT molecular complexity index is 514. The molecule has 0 aromatic rings. The van der Waals surface area contributed by atoms with Crippen LogP contribution in [0.1, 0.15) is 47.5 Å². The zero-order valence-electron chi connectivity index (χ0n) is 15.9. The number of hydrogen-bond acceptors (Lipinski definition) is 3. The molecule has 1 unspecified atom stereocenters. The molecule has 0 aromatic carbocycles. The van der Waals surface area contributed by atoms with Gasteiger partial charge in [0.25, 0.3) is 0 Å². The van der Waals surface area contributed by atoms with Gasteiger partial charge in [-0.25, -0.2) is 0 Å². The van der Waals surface area contributed by atoms with Crippen molar-refractivity contribution in [2.45, 2.75) is 47.5 Å². The molecule has 1 atom stereocenters. The topological polar surface area (TPSA) is 21.6 Å². The van der Waals surface area contributed by atoms with Crippen LogP contribution >= 0.6 is 11.8 Å². The van der Waals surface area contributed by atoms with Crippen LogP contribution in [0.3, 0.4) is 0 Å². The molecule has 0 spiro atoms. The van der Waals surface area contributed by atoms with Crippen LogP contribution in [-0.4, -0.2) is 25.2 Å². The van der Waals surface area contributed by atoms with Crippen LogP contribution < -0.4 is 0 Å². The number of ether oxygens (including phenoxy) is 1. The fourth-order valence-electron chi connectivity index (χ4n) is 2.44. The minimum absolute atomic E-state index is 0.160. The third-order valence-electron chi connectivity index (χ3n) is 4.14. The first-order valence-electron chi connectivity index (χ1n) is 8.85. The van der Waals surface area contributed by atoms with E-state index in [1.54, 1.807) is 12.4 Å².